The van der Waals surface area contributed by atoms with E-state index in [2.05, 4.69) is 4.98 Å². The summed E-state index contributed by atoms with van der Waals surface area (Å²) in [6.07, 6.45) is 10.9. The summed E-state index contributed by atoms with van der Waals surface area (Å²) < 4.78 is 16.7. The van der Waals surface area contributed by atoms with E-state index in [1.54, 1.807) is 32.7 Å². The number of benzene rings is 1. The Kier molecular flexibility index (Phi) is 5.69. The molecule has 0 spiro atoms. The number of piperidine rings is 1. The van der Waals surface area contributed by atoms with Crippen LogP contribution >= 0.6 is 0 Å². The molecule has 0 radical (unpaired) electrons. The molecule has 0 aliphatic carbocycles. The zero-order valence-electron chi connectivity index (χ0n) is 16.8. The van der Waals surface area contributed by atoms with Crippen molar-refractivity contribution in [2.45, 2.75) is 43.9 Å². The van der Waals surface area contributed by atoms with Crippen molar-refractivity contribution < 1.29 is 19.0 Å². The van der Waals surface area contributed by atoms with Crippen LogP contribution in [0.15, 0.2) is 48.8 Å². The van der Waals surface area contributed by atoms with Gasteiger partial charge >= 0.3 is 0 Å². The molecule has 2 bridgehead atoms. The fraction of sp³-hybridized carbons (Fsp3) is 0.391. The summed E-state index contributed by atoms with van der Waals surface area (Å²) in [4.78, 5) is 19.1. The number of pyridine rings is 1. The average Bonchev–Trinajstić information content (AvgIpc) is 3.03. The molecule has 0 N–H and O–H groups in total. The van der Waals surface area contributed by atoms with Gasteiger partial charge in [-0.1, -0.05) is 6.07 Å². The highest BCUT2D eigenvalue weighted by Crippen LogP contribution is 2.37. The smallest absolute Gasteiger partial charge is 0.247 e. The predicted molar refractivity (Wildman–Crippen MR) is 110 cm³/mol. The summed E-state index contributed by atoms with van der Waals surface area (Å²) in [5, 5.41) is 0. The van der Waals surface area contributed by atoms with Gasteiger partial charge in [0, 0.05) is 37.2 Å². The number of carbonyl (C=O) groups excluding carboxylic acids is 1. The van der Waals surface area contributed by atoms with E-state index in [-0.39, 0.29) is 24.1 Å². The molecular formula is C23H26N2O4. The van der Waals surface area contributed by atoms with Gasteiger partial charge < -0.3 is 19.1 Å². The van der Waals surface area contributed by atoms with E-state index in [4.69, 9.17) is 14.2 Å². The van der Waals surface area contributed by atoms with Gasteiger partial charge in [0.15, 0.2) is 11.5 Å². The zero-order valence-corrected chi connectivity index (χ0v) is 16.8. The molecule has 2 unspecified atom stereocenters. The van der Waals surface area contributed by atoms with E-state index in [1.165, 1.54) is 0 Å². The van der Waals surface area contributed by atoms with Crippen molar-refractivity contribution in [3.8, 4) is 17.2 Å². The SMILES string of the molecule is COc1ccc(/C=C/C(=O)N2C3CCC2CC(Oc2cccnc2)C3)cc1OC. The Bertz CT molecular complexity index is 870. The Hall–Kier alpha value is -3.02. The van der Waals surface area contributed by atoms with Crippen molar-refractivity contribution in [1.82, 2.24) is 9.88 Å². The second-order valence-electron chi connectivity index (χ2n) is 7.48. The van der Waals surface area contributed by atoms with E-state index in [0.717, 1.165) is 37.0 Å². The minimum Gasteiger partial charge on any atom is -0.493 e. The molecule has 2 atom stereocenters. The van der Waals surface area contributed by atoms with Crippen LogP contribution in [0.1, 0.15) is 31.2 Å². The maximum Gasteiger partial charge on any atom is 0.247 e. The summed E-state index contributed by atoms with van der Waals surface area (Å²) in [5.41, 5.74) is 0.901. The van der Waals surface area contributed by atoms with Crippen LogP contribution in [0.3, 0.4) is 0 Å². The van der Waals surface area contributed by atoms with Crippen LogP contribution < -0.4 is 14.2 Å². The maximum absolute atomic E-state index is 12.9. The minimum atomic E-state index is 0.0621. The minimum absolute atomic E-state index is 0.0621. The molecule has 1 amide bonds. The number of hydrogen-bond acceptors (Lipinski definition) is 5. The largest absolute Gasteiger partial charge is 0.493 e. The average molecular weight is 394 g/mol. The number of rotatable bonds is 6. The predicted octanol–water partition coefficient (Wildman–Crippen LogP) is 3.71. The second kappa shape index (κ2) is 8.55. The second-order valence-corrected chi connectivity index (χ2v) is 7.48. The van der Waals surface area contributed by atoms with Gasteiger partial charge in [-0.05, 0) is 48.7 Å². The van der Waals surface area contributed by atoms with E-state index in [0.29, 0.717) is 11.5 Å². The first-order valence-electron chi connectivity index (χ1n) is 9.97. The van der Waals surface area contributed by atoms with E-state index in [1.807, 2.05) is 41.3 Å². The lowest BCUT2D eigenvalue weighted by Crippen LogP contribution is -2.48. The van der Waals surface area contributed by atoms with Crippen LogP contribution in [-0.2, 0) is 4.79 Å². The summed E-state index contributed by atoms with van der Waals surface area (Å²) in [6.45, 7) is 0. The first kappa shape index (κ1) is 19.3. The van der Waals surface area contributed by atoms with Gasteiger partial charge in [-0.3, -0.25) is 9.78 Å². The quantitative estimate of drug-likeness (QED) is 0.699. The van der Waals surface area contributed by atoms with Gasteiger partial charge in [0.1, 0.15) is 11.9 Å². The van der Waals surface area contributed by atoms with Gasteiger partial charge in [0.2, 0.25) is 5.91 Å². The number of carbonyl (C=O) groups is 1. The molecule has 29 heavy (non-hydrogen) atoms. The molecule has 6 nitrogen and oxygen atoms in total. The fourth-order valence-electron chi connectivity index (χ4n) is 4.40. The number of nitrogens with zero attached hydrogens (tertiary/aromatic N) is 2. The topological polar surface area (TPSA) is 60.9 Å². The number of aromatic nitrogens is 1. The molecule has 0 saturated carbocycles. The van der Waals surface area contributed by atoms with Crippen LogP contribution in [0.2, 0.25) is 0 Å². The number of fused-ring (bicyclic) bond motifs is 2. The number of hydrogen-bond donors (Lipinski definition) is 0. The Balaban J connectivity index is 1.40. The fourth-order valence-corrected chi connectivity index (χ4v) is 4.40. The van der Waals surface area contributed by atoms with Crippen molar-refractivity contribution in [1.29, 1.82) is 0 Å². The molecular weight excluding hydrogens is 368 g/mol. The first-order valence-corrected chi connectivity index (χ1v) is 9.97. The molecule has 2 fully saturated rings. The number of methoxy groups -OCH3 is 2. The van der Waals surface area contributed by atoms with Crippen LogP contribution in [0.25, 0.3) is 6.08 Å². The third-order valence-electron chi connectivity index (χ3n) is 5.71. The molecule has 3 heterocycles. The van der Waals surface area contributed by atoms with Crippen LogP contribution in [-0.4, -0.2) is 48.2 Å². The molecule has 1 aromatic heterocycles. The highest BCUT2D eigenvalue weighted by Gasteiger charge is 2.43. The lowest BCUT2D eigenvalue weighted by molar-refractivity contribution is -0.131. The highest BCUT2D eigenvalue weighted by molar-refractivity contribution is 5.92. The maximum atomic E-state index is 12.9. The van der Waals surface area contributed by atoms with E-state index >= 15 is 0 Å². The van der Waals surface area contributed by atoms with Gasteiger partial charge in [0.05, 0.1) is 20.4 Å². The highest BCUT2D eigenvalue weighted by atomic mass is 16.5. The van der Waals surface area contributed by atoms with Gasteiger partial charge in [-0.25, -0.2) is 0 Å². The van der Waals surface area contributed by atoms with Gasteiger partial charge in [-0.15, -0.1) is 0 Å². The third kappa shape index (κ3) is 4.21. The van der Waals surface area contributed by atoms with Crippen LogP contribution in [0.5, 0.6) is 17.2 Å². The molecule has 2 saturated heterocycles. The molecule has 1 aromatic carbocycles. The molecule has 2 aliphatic heterocycles. The summed E-state index contributed by atoms with van der Waals surface area (Å²) in [6, 6.07) is 9.89. The lowest BCUT2D eigenvalue weighted by Gasteiger charge is -2.38. The summed E-state index contributed by atoms with van der Waals surface area (Å²) in [7, 11) is 3.21. The molecule has 2 aromatic rings. The van der Waals surface area contributed by atoms with E-state index in [9.17, 15) is 4.79 Å². The number of ether oxygens (including phenoxy) is 3. The lowest BCUT2D eigenvalue weighted by atomic mass is 9.99. The first-order chi connectivity index (χ1) is 14.2. The van der Waals surface area contributed by atoms with Crippen molar-refractivity contribution in [3.63, 3.8) is 0 Å². The van der Waals surface area contributed by atoms with Crippen molar-refractivity contribution in [3.05, 3.63) is 54.4 Å². The normalized spacial score (nSPS) is 23.2. The van der Waals surface area contributed by atoms with Crippen molar-refractivity contribution in [2.24, 2.45) is 0 Å². The summed E-state index contributed by atoms with van der Waals surface area (Å²) >= 11 is 0. The number of amides is 1. The van der Waals surface area contributed by atoms with Crippen molar-refractivity contribution in [2.75, 3.05) is 14.2 Å². The van der Waals surface area contributed by atoms with Gasteiger partial charge in [0.25, 0.3) is 0 Å². The standard InChI is InChI=1S/C23H26N2O4/c1-27-21-9-5-16(12-22(21)28-2)6-10-23(26)25-17-7-8-18(25)14-20(13-17)29-19-4-3-11-24-15-19/h3-6,9-12,15,17-18,20H,7-8,13-14H2,1-2H3/b10-6+. The molecule has 6 heteroatoms. The van der Waals surface area contributed by atoms with Gasteiger partial charge in [-0.2, -0.15) is 0 Å². The Morgan fingerprint density at radius 3 is 2.52 bits per heavy atom. The Morgan fingerprint density at radius 1 is 1.10 bits per heavy atom. The van der Waals surface area contributed by atoms with E-state index < -0.39 is 0 Å². The molecule has 4 rings (SSSR count). The third-order valence-corrected chi connectivity index (χ3v) is 5.71. The molecule has 2 aliphatic rings. The van der Waals surface area contributed by atoms with Crippen molar-refractivity contribution >= 4 is 12.0 Å². The Morgan fingerprint density at radius 2 is 1.86 bits per heavy atom. The Labute approximate surface area is 171 Å². The monoisotopic (exact) mass is 394 g/mol. The zero-order chi connectivity index (χ0) is 20.2. The van der Waals surface area contributed by atoms with Crippen LogP contribution in [0, 0.1) is 0 Å². The summed E-state index contributed by atoms with van der Waals surface area (Å²) in [5.74, 6) is 2.18. The van der Waals surface area contributed by atoms with Crippen LogP contribution in [0.4, 0.5) is 0 Å². The molecule has 152 valence electrons.